The first-order chi connectivity index (χ1) is 11.2. The minimum atomic E-state index is -4.57. The number of ether oxygens (including phenoxy) is 1. The van der Waals surface area contributed by atoms with E-state index < -0.39 is 24.9 Å². The number of alkyl halides is 3. The Labute approximate surface area is 138 Å². The molecule has 0 spiro atoms. The fraction of sp³-hybridized carbons (Fsp3) is 0.500. The molecule has 1 aromatic carbocycles. The van der Waals surface area contributed by atoms with Gasteiger partial charge in [0.2, 0.25) is 0 Å². The number of rotatable bonds is 7. The maximum Gasteiger partial charge on any atom is 0.422 e. The van der Waals surface area contributed by atoms with Gasteiger partial charge in [-0.2, -0.15) is 13.2 Å². The number of carbonyl (C=O) groups is 2. The fourth-order valence-corrected chi connectivity index (χ4v) is 1.95. The van der Waals surface area contributed by atoms with Crippen LogP contribution in [0.4, 0.5) is 18.0 Å². The number of alkyl carbamates (subject to hydrolysis) is 1. The van der Waals surface area contributed by atoms with E-state index >= 15 is 0 Å². The summed E-state index contributed by atoms with van der Waals surface area (Å²) < 4.78 is 40.1. The molecular weight excluding hydrogens is 325 g/mol. The molecule has 0 saturated heterocycles. The number of hydrogen-bond acceptors (Lipinski definition) is 3. The van der Waals surface area contributed by atoms with Crippen LogP contribution in [0.5, 0.6) is 0 Å². The second kappa shape index (κ2) is 9.14. The lowest BCUT2D eigenvalue weighted by molar-refractivity contribution is -0.160. The summed E-state index contributed by atoms with van der Waals surface area (Å²) in [5.41, 5.74) is 1.49. The minimum Gasteiger partial charge on any atom is -0.440 e. The van der Waals surface area contributed by atoms with Crippen molar-refractivity contribution in [3.63, 3.8) is 0 Å². The SMILES string of the molecule is CCC[C@@H](CNC(=O)c1ccc(C)cc1)NC(=O)OCC(F)(F)F. The zero-order valence-electron chi connectivity index (χ0n) is 13.6. The molecule has 0 aliphatic rings. The topological polar surface area (TPSA) is 67.4 Å². The number of carbonyl (C=O) groups excluding carboxylic acids is 2. The summed E-state index contributed by atoms with van der Waals surface area (Å²) in [6, 6.07) is 6.43. The summed E-state index contributed by atoms with van der Waals surface area (Å²) in [4.78, 5) is 23.4. The summed E-state index contributed by atoms with van der Waals surface area (Å²) in [7, 11) is 0. The maximum absolute atomic E-state index is 12.0. The number of hydrogen-bond donors (Lipinski definition) is 2. The van der Waals surface area contributed by atoms with Crippen LogP contribution in [0.3, 0.4) is 0 Å². The molecule has 0 aromatic heterocycles. The quantitative estimate of drug-likeness (QED) is 0.797. The minimum absolute atomic E-state index is 0.0989. The van der Waals surface area contributed by atoms with Crippen molar-refractivity contribution in [3.8, 4) is 0 Å². The van der Waals surface area contributed by atoms with Crippen LogP contribution in [0, 0.1) is 6.92 Å². The number of halogens is 3. The molecule has 1 atom stereocenters. The Morgan fingerprint density at radius 3 is 2.38 bits per heavy atom. The molecule has 0 radical (unpaired) electrons. The van der Waals surface area contributed by atoms with Crippen LogP contribution in [0.25, 0.3) is 0 Å². The van der Waals surface area contributed by atoms with Crippen LogP contribution >= 0.6 is 0 Å². The van der Waals surface area contributed by atoms with E-state index in [2.05, 4.69) is 15.4 Å². The van der Waals surface area contributed by atoms with E-state index in [0.29, 0.717) is 18.4 Å². The van der Waals surface area contributed by atoms with Crippen LogP contribution in [0.1, 0.15) is 35.7 Å². The predicted molar refractivity (Wildman–Crippen MR) is 82.7 cm³/mol. The van der Waals surface area contributed by atoms with E-state index in [4.69, 9.17) is 0 Å². The first kappa shape index (κ1) is 19.8. The van der Waals surface area contributed by atoms with Crippen molar-refractivity contribution in [2.45, 2.75) is 38.9 Å². The molecule has 0 aliphatic heterocycles. The lowest BCUT2D eigenvalue weighted by Gasteiger charge is -2.19. The van der Waals surface area contributed by atoms with Gasteiger partial charge in [-0.15, -0.1) is 0 Å². The average Bonchev–Trinajstić information content (AvgIpc) is 2.50. The summed E-state index contributed by atoms with van der Waals surface area (Å²) in [5.74, 6) is -0.318. The molecule has 5 nitrogen and oxygen atoms in total. The van der Waals surface area contributed by atoms with Crippen molar-refractivity contribution in [3.05, 3.63) is 35.4 Å². The Kier molecular flexibility index (Phi) is 7.54. The Morgan fingerprint density at radius 2 is 1.83 bits per heavy atom. The van der Waals surface area contributed by atoms with Crippen molar-refractivity contribution in [1.82, 2.24) is 10.6 Å². The molecule has 2 N–H and O–H groups in total. The van der Waals surface area contributed by atoms with Gasteiger partial charge < -0.3 is 15.4 Å². The zero-order valence-corrected chi connectivity index (χ0v) is 13.6. The summed E-state index contributed by atoms with van der Waals surface area (Å²) in [6.07, 6.45) is -4.55. The second-order valence-electron chi connectivity index (χ2n) is 5.40. The van der Waals surface area contributed by atoms with Gasteiger partial charge in [0.25, 0.3) is 5.91 Å². The van der Waals surface area contributed by atoms with E-state index in [-0.39, 0.29) is 12.5 Å². The van der Waals surface area contributed by atoms with Crippen LogP contribution in [0.2, 0.25) is 0 Å². The van der Waals surface area contributed by atoms with Crippen molar-refractivity contribution in [2.24, 2.45) is 0 Å². The highest BCUT2D eigenvalue weighted by Crippen LogP contribution is 2.14. The smallest absolute Gasteiger partial charge is 0.422 e. The normalized spacial score (nSPS) is 12.4. The summed E-state index contributed by atoms with van der Waals surface area (Å²) >= 11 is 0. The van der Waals surface area contributed by atoms with Crippen molar-refractivity contribution >= 4 is 12.0 Å². The van der Waals surface area contributed by atoms with Crippen LogP contribution in [-0.2, 0) is 4.74 Å². The molecule has 0 unspecified atom stereocenters. The van der Waals surface area contributed by atoms with Gasteiger partial charge in [0, 0.05) is 18.2 Å². The molecule has 1 rings (SSSR count). The zero-order chi connectivity index (χ0) is 18.2. The third-order valence-corrected chi connectivity index (χ3v) is 3.15. The Hall–Kier alpha value is -2.25. The van der Waals surface area contributed by atoms with E-state index in [9.17, 15) is 22.8 Å². The van der Waals surface area contributed by atoms with Crippen LogP contribution < -0.4 is 10.6 Å². The molecule has 8 heteroatoms. The van der Waals surface area contributed by atoms with Crippen molar-refractivity contribution in [2.75, 3.05) is 13.2 Å². The van der Waals surface area contributed by atoms with Gasteiger partial charge in [-0.25, -0.2) is 4.79 Å². The molecule has 0 bridgehead atoms. The predicted octanol–water partition coefficient (Wildman–Crippen LogP) is 3.18. The van der Waals surface area contributed by atoms with Crippen molar-refractivity contribution in [1.29, 1.82) is 0 Å². The molecule has 0 fully saturated rings. The number of aryl methyl sites for hydroxylation is 1. The lowest BCUT2D eigenvalue weighted by Crippen LogP contribution is -2.44. The van der Waals surface area contributed by atoms with Gasteiger partial charge in [0.05, 0.1) is 0 Å². The molecule has 1 aromatic rings. The largest absolute Gasteiger partial charge is 0.440 e. The highest BCUT2D eigenvalue weighted by Gasteiger charge is 2.30. The Bertz CT molecular complexity index is 544. The molecule has 0 aliphatic carbocycles. The van der Waals surface area contributed by atoms with E-state index in [1.165, 1.54) is 0 Å². The van der Waals surface area contributed by atoms with Gasteiger partial charge in [-0.05, 0) is 25.5 Å². The third-order valence-electron chi connectivity index (χ3n) is 3.15. The summed E-state index contributed by atoms with van der Waals surface area (Å²) in [6.45, 7) is 2.21. The second-order valence-corrected chi connectivity index (χ2v) is 5.40. The molecule has 24 heavy (non-hydrogen) atoms. The molecule has 134 valence electrons. The third kappa shape index (κ3) is 7.85. The van der Waals surface area contributed by atoms with Gasteiger partial charge >= 0.3 is 12.3 Å². The number of amides is 2. The average molecular weight is 346 g/mol. The molecule has 2 amide bonds. The maximum atomic E-state index is 12.0. The van der Waals surface area contributed by atoms with E-state index in [0.717, 1.165) is 5.56 Å². The van der Waals surface area contributed by atoms with Crippen LogP contribution in [0.15, 0.2) is 24.3 Å². The monoisotopic (exact) mass is 346 g/mol. The number of nitrogens with one attached hydrogen (secondary N) is 2. The lowest BCUT2D eigenvalue weighted by atomic mass is 10.1. The van der Waals surface area contributed by atoms with Gasteiger partial charge in [-0.3, -0.25) is 4.79 Å². The van der Waals surface area contributed by atoms with E-state index in [1.807, 2.05) is 13.8 Å². The standard InChI is InChI=1S/C16H21F3N2O3/c1-3-4-13(21-15(23)24-10-16(17,18)19)9-20-14(22)12-7-5-11(2)6-8-12/h5-8,13H,3-4,9-10H2,1-2H3,(H,20,22)(H,21,23)/t13-/m0/s1. The van der Waals surface area contributed by atoms with Crippen molar-refractivity contribution < 1.29 is 27.5 Å². The first-order valence-corrected chi connectivity index (χ1v) is 7.56. The van der Waals surface area contributed by atoms with Gasteiger partial charge in [0.1, 0.15) is 0 Å². The highest BCUT2D eigenvalue weighted by molar-refractivity contribution is 5.94. The summed E-state index contributed by atoms with van der Waals surface area (Å²) in [5, 5.41) is 4.98. The van der Waals surface area contributed by atoms with Gasteiger partial charge in [-0.1, -0.05) is 31.0 Å². The first-order valence-electron chi connectivity index (χ1n) is 7.56. The molecular formula is C16H21F3N2O3. The highest BCUT2D eigenvalue weighted by atomic mass is 19.4. The van der Waals surface area contributed by atoms with E-state index in [1.54, 1.807) is 24.3 Å². The van der Waals surface area contributed by atoms with Crippen LogP contribution in [-0.4, -0.2) is 37.4 Å². The number of benzene rings is 1. The molecule has 0 heterocycles. The Morgan fingerprint density at radius 1 is 1.21 bits per heavy atom. The molecule has 0 saturated carbocycles. The van der Waals surface area contributed by atoms with Gasteiger partial charge in [0.15, 0.2) is 6.61 Å². The Balaban J connectivity index is 2.48. The fourth-order valence-electron chi connectivity index (χ4n) is 1.95.